The molecule has 0 fully saturated rings. The smallest absolute Gasteiger partial charge is 0.408 e. The standard InChI is InChI=1S/C33H41N3O5/c1-7-19-36(31(39)27(21-24-14-9-8-10-15-24)35-32(40)41-33(4,5)6)29(25-17-18-28(37)23(3)20-25)30(38)34-26-16-12-11-13-22(26)2/h8-18,20,27,29,37H,7,19,21H2,1-6H3,(H,34,38)(H,35,40). The number of rotatable bonds is 10. The van der Waals surface area contributed by atoms with Crippen molar-refractivity contribution >= 4 is 23.6 Å². The first kappa shape index (κ1) is 31.2. The Balaban J connectivity index is 2.06. The summed E-state index contributed by atoms with van der Waals surface area (Å²) in [5.74, 6) is -0.729. The summed E-state index contributed by atoms with van der Waals surface area (Å²) < 4.78 is 5.48. The number of phenols is 1. The van der Waals surface area contributed by atoms with Crippen LogP contribution in [0.15, 0.2) is 72.8 Å². The Hall–Kier alpha value is -4.33. The van der Waals surface area contributed by atoms with Crippen LogP contribution >= 0.6 is 0 Å². The summed E-state index contributed by atoms with van der Waals surface area (Å²) in [5.41, 5.74) is 2.72. The molecule has 3 aromatic rings. The molecule has 41 heavy (non-hydrogen) atoms. The van der Waals surface area contributed by atoms with Gasteiger partial charge >= 0.3 is 6.09 Å². The molecule has 0 aliphatic carbocycles. The van der Waals surface area contributed by atoms with Gasteiger partial charge in [-0.3, -0.25) is 9.59 Å². The SMILES string of the molecule is CCCN(C(=O)C(Cc1ccccc1)NC(=O)OC(C)(C)C)C(C(=O)Nc1ccccc1C)c1ccc(O)c(C)c1. The van der Waals surface area contributed by atoms with Crippen molar-refractivity contribution in [2.45, 2.75) is 72.1 Å². The first-order chi connectivity index (χ1) is 19.4. The van der Waals surface area contributed by atoms with Gasteiger partial charge in [0.25, 0.3) is 5.91 Å². The zero-order valence-electron chi connectivity index (χ0n) is 24.7. The summed E-state index contributed by atoms with van der Waals surface area (Å²) in [5, 5.41) is 15.9. The third-order valence-corrected chi connectivity index (χ3v) is 6.52. The van der Waals surface area contributed by atoms with Crippen molar-refractivity contribution in [2.24, 2.45) is 0 Å². The molecule has 3 amide bonds. The van der Waals surface area contributed by atoms with Gasteiger partial charge in [0.15, 0.2) is 0 Å². The number of phenolic OH excluding ortho intramolecular Hbond substituents is 1. The third-order valence-electron chi connectivity index (χ3n) is 6.52. The monoisotopic (exact) mass is 559 g/mol. The highest BCUT2D eigenvalue weighted by atomic mass is 16.6. The Bertz CT molecular complexity index is 1350. The lowest BCUT2D eigenvalue weighted by molar-refractivity contribution is -0.140. The highest BCUT2D eigenvalue weighted by Crippen LogP contribution is 2.29. The number of para-hydroxylation sites is 1. The molecule has 0 spiro atoms. The lowest BCUT2D eigenvalue weighted by Gasteiger charge is -2.34. The van der Waals surface area contributed by atoms with Crippen molar-refractivity contribution in [2.75, 3.05) is 11.9 Å². The fraction of sp³-hybridized carbons (Fsp3) is 0.364. The molecule has 8 nitrogen and oxygen atoms in total. The predicted octanol–water partition coefficient (Wildman–Crippen LogP) is 6.06. The number of nitrogens with zero attached hydrogens (tertiary/aromatic N) is 1. The van der Waals surface area contributed by atoms with Crippen molar-refractivity contribution in [1.29, 1.82) is 0 Å². The zero-order valence-corrected chi connectivity index (χ0v) is 24.7. The molecule has 0 saturated heterocycles. The normalized spacial score (nSPS) is 12.6. The highest BCUT2D eigenvalue weighted by Gasteiger charge is 2.36. The lowest BCUT2D eigenvalue weighted by atomic mass is 9.98. The van der Waals surface area contributed by atoms with E-state index in [1.54, 1.807) is 45.9 Å². The molecule has 218 valence electrons. The second kappa shape index (κ2) is 13.8. The van der Waals surface area contributed by atoms with Gasteiger partial charge in [0, 0.05) is 18.7 Å². The fourth-order valence-corrected chi connectivity index (χ4v) is 4.54. The van der Waals surface area contributed by atoms with Crippen LogP contribution in [0.3, 0.4) is 0 Å². The van der Waals surface area contributed by atoms with Crippen LogP contribution in [-0.4, -0.2) is 46.1 Å². The number of carbonyl (C=O) groups excluding carboxylic acids is 3. The van der Waals surface area contributed by atoms with Gasteiger partial charge in [0.1, 0.15) is 23.4 Å². The summed E-state index contributed by atoms with van der Waals surface area (Å²) in [7, 11) is 0. The first-order valence-corrected chi connectivity index (χ1v) is 13.9. The summed E-state index contributed by atoms with van der Waals surface area (Å²) in [6.07, 6.45) is 0.0611. The van der Waals surface area contributed by atoms with E-state index >= 15 is 0 Å². The molecule has 8 heteroatoms. The van der Waals surface area contributed by atoms with Gasteiger partial charge in [0.05, 0.1) is 0 Å². The third kappa shape index (κ3) is 8.83. The minimum atomic E-state index is -1.03. The Kier molecular flexibility index (Phi) is 10.5. The first-order valence-electron chi connectivity index (χ1n) is 13.9. The van der Waals surface area contributed by atoms with E-state index in [9.17, 15) is 19.5 Å². The van der Waals surface area contributed by atoms with Gasteiger partial charge in [-0.25, -0.2) is 4.79 Å². The Morgan fingerprint density at radius 1 is 0.927 bits per heavy atom. The molecular formula is C33H41N3O5. The van der Waals surface area contributed by atoms with Crippen LogP contribution in [0.1, 0.15) is 62.4 Å². The molecule has 0 heterocycles. The van der Waals surface area contributed by atoms with E-state index in [0.717, 1.165) is 11.1 Å². The maximum Gasteiger partial charge on any atom is 0.408 e. The van der Waals surface area contributed by atoms with E-state index in [1.165, 1.54) is 11.0 Å². The number of aryl methyl sites for hydroxylation is 2. The number of hydrogen-bond acceptors (Lipinski definition) is 5. The van der Waals surface area contributed by atoms with Gasteiger partial charge in [0.2, 0.25) is 5.91 Å². The number of ether oxygens (including phenoxy) is 1. The van der Waals surface area contributed by atoms with Gasteiger partial charge < -0.3 is 25.4 Å². The number of amides is 3. The minimum absolute atomic E-state index is 0.0914. The van der Waals surface area contributed by atoms with Gasteiger partial charge in [-0.05, 0) is 81.5 Å². The number of aromatic hydroxyl groups is 1. The summed E-state index contributed by atoms with van der Waals surface area (Å²) >= 11 is 0. The van der Waals surface area contributed by atoms with Crippen LogP contribution in [0.25, 0.3) is 0 Å². The minimum Gasteiger partial charge on any atom is -0.508 e. The lowest BCUT2D eigenvalue weighted by Crippen LogP contribution is -2.53. The molecule has 2 unspecified atom stereocenters. The van der Waals surface area contributed by atoms with Crippen LogP contribution < -0.4 is 10.6 Å². The maximum atomic E-state index is 14.4. The summed E-state index contributed by atoms with van der Waals surface area (Å²) in [6, 6.07) is 19.6. The topological polar surface area (TPSA) is 108 Å². The van der Waals surface area contributed by atoms with E-state index in [0.29, 0.717) is 23.2 Å². The number of benzene rings is 3. The van der Waals surface area contributed by atoms with Crippen molar-refractivity contribution in [1.82, 2.24) is 10.2 Å². The summed E-state index contributed by atoms with van der Waals surface area (Å²) in [6.45, 7) is 11.1. The number of alkyl carbamates (subject to hydrolysis) is 1. The van der Waals surface area contributed by atoms with Crippen LogP contribution in [0.5, 0.6) is 5.75 Å². The number of carbonyl (C=O) groups is 3. The fourth-order valence-electron chi connectivity index (χ4n) is 4.54. The van der Waals surface area contributed by atoms with Gasteiger partial charge in [-0.15, -0.1) is 0 Å². The molecular weight excluding hydrogens is 518 g/mol. The average Bonchev–Trinajstić information content (AvgIpc) is 2.90. The van der Waals surface area contributed by atoms with E-state index in [2.05, 4.69) is 10.6 Å². The van der Waals surface area contributed by atoms with Gasteiger partial charge in [-0.2, -0.15) is 0 Å². The molecule has 3 N–H and O–H groups in total. The maximum absolute atomic E-state index is 14.4. The molecule has 0 radical (unpaired) electrons. The number of hydrogen-bond donors (Lipinski definition) is 3. The van der Waals surface area contributed by atoms with Crippen LogP contribution in [0.2, 0.25) is 0 Å². The van der Waals surface area contributed by atoms with Crippen LogP contribution in [0, 0.1) is 13.8 Å². The zero-order chi connectivity index (χ0) is 30.2. The largest absolute Gasteiger partial charge is 0.508 e. The highest BCUT2D eigenvalue weighted by molar-refractivity contribution is 5.99. The molecule has 0 bridgehead atoms. The van der Waals surface area contributed by atoms with E-state index in [-0.39, 0.29) is 18.7 Å². The molecule has 3 aromatic carbocycles. The molecule has 0 aromatic heterocycles. The van der Waals surface area contributed by atoms with Crippen molar-refractivity contribution in [3.63, 3.8) is 0 Å². The molecule has 0 saturated carbocycles. The van der Waals surface area contributed by atoms with E-state index < -0.39 is 35.6 Å². The molecule has 0 aliphatic rings. The van der Waals surface area contributed by atoms with Crippen LogP contribution in [-0.2, 0) is 20.7 Å². The molecule has 3 rings (SSSR count). The van der Waals surface area contributed by atoms with Crippen molar-refractivity contribution in [3.05, 3.63) is 95.1 Å². The molecule has 2 atom stereocenters. The van der Waals surface area contributed by atoms with Gasteiger partial charge in [-0.1, -0.05) is 61.5 Å². The Labute approximate surface area is 242 Å². The van der Waals surface area contributed by atoms with E-state index in [4.69, 9.17) is 4.74 Å². The number of anilines is 1. The second-order valence-electron chi connectivity index (χ2n) is 11.2. The predicted molar refractivity (Wildman–Crippen MR) is 161 cm³/mol. The quantitative estimate of drug-likeness (QED) is 0.280. The second-order valence-corrected chi connectivity index (χ2v) is 11.2. The van der Waals surface area contributed by atoms with Crippen molar-refractivity contribution in [3.8, 4) is 5.75 Å². The van der Waals surface area contributed by atoms with E-state index in [1.807, 2.05) is 62.4 Å². The van der Waals surface area contributed by atoms with Crippen molar-refractivity contribution < 1.29 is 24.2 Å². The Morgan fingerprint density at radius 2 is 1.59 bits per heavy atom. The van der Waals surface area contributed by atoms with Crippen LogP contribution in [0.4, 0.5) is 10.5 Å². The summed E-state index contributed by atoms with van der Waals surface area (Å²) in [4.78, 5) is 42.7. The molecule has 0 aliphatic heterocycles. The number of nitrogens with one attached hydrogen (secondary N) is 2. The Morgan fingerprint density at radius 3 is 2.20 bits per heavy atom. The average molecular weight is 560 g/mol.